The average Bonchev–Trinajstić information content (AvgIpc) is 2.80. The molecule has 2 aliphatic rings. The molecule has 112 valence electrons. The molecule has 3 nitrogen and oxygen atoms in total. The van der Waals surface area contributed by atoms with Crippen LogP contribution in [0.3, 0.4) is 0 Å². The van der Waals surface area contributed by atoms with Crippen LogP contribution in [0.5, 0.6) is 0 Å². The molecular weight excluding hydrogens is 272 g/mol. The third-order valence-corrected chi connectivity index (χ3v) is 4.74. The van der Waals surface area contributed by atoms with Gasteiger partial charge in [-0.15, -0.1) is 0 Å². The quantitative estimate of drug-likeness (QED) is 0.876. The van der Waals surface area contributed by atoms with Crippen molar-refractivity contribution in [1.82, 2.24) is 5.32 Å². The number of carbonyl (C=O) groups excluding carboxylic acids is 1. The Kier molecular flexibility index (Phi) is 3.43. The van der Waals surface area contributed by atoms with Gasteiger partial charge in [0.15, 0.2) is 0 Å². The topological polar surface area (TPSA) is 32.3 Å². The van der Waals surface area contributed by atoms with E-state index in [0.29, 0.717) is 0 Å². The number of fused-ring (bicyclic) bond motifs is 2. The summed E-state index contributed by atoms with van der Waals surface area (Å²) in [6.45, 7) is 2.84. The van der Waals surface area contributed by atoms with Crippen molar-refractivity contribution in [2.45, 2.75) is 19.3 Å². The lowest BCUT2D eigenvalue weighted by atomic mass is 9.97. The Labute approximate surface area is 131 Å². The number of rotatable bonds is 1. The SMILES string of the molecule is O=C1c2ccccc2CCN1c1ccc2c(c1)CCNCC2. The summed E-state index contributed by atoms with van der Waals surface area (Å²) in [4.78, 5) is 14.7. The molecule has 0 saturated heterocycles. The van der Waals surface area contributed by atoms with Crippen LogP contribution in [0.25, 0.3) is 0 Å². The number of nitrogens with zero attached hydrogens (tertiary/aromatic N) is 1. The highest BCUT2D eigenvalue weighted by Gasteiger charge is 2.25. The van der Waals surface area contributed by atoms with Crippen LogP contribution in [0.1, 0.15) is 27.0 Å². The zero-order valence-corrected chi connectivity index (χ0v) is 12.6. The van der Waals surface area contributed by atoms with Gasteiger partial charge >= 0.3 is 0 Å². The molecule has 0 fully saturated rings. The van der Waals surface area contributed by atoms with Crippen LogP contribution in [-0.2, 0) is 19.3 Å². The lowest BCUT2D eigenvalue weighted by Crippen LogP contribution is -2.37. The lowest BCUT2D eigenvalue weighted by Gasteiger charge is -2.29. The van der Waals surface area contributed by atoms with Crippen LogP contribution in [0.2, 0.25) is 0 Å². The number of benzene rings is 2. The molecule has 0 unspecified atom stereocenters. The minimum atomic E-state index is 0.133. The van der Waals surface area contributed by atoms with Gasteiger partial charge in [0, 0.05) is 17.8 Å². The molecule has 2 heterocycles. The van der Waals surface area contributed by atoms with Crippen molar-refractivity contribution in [3.05, 3.63) is 64.7 Å². The van der Waals surface area contributed by atoms with Gasteiger partial charge in [0.1, 0.15) is 0 Å². The first-order valence-electron chi connectivity index (χ1n) is 8.05. The smallest absolute Gasteiger partial charge is 0.258 e. The molecule has 4 rings (SSSR count). The molecule has 0 saturated carbocycles. The van der Waals surface area contributed by atoms with E-state index in [1.807, 2.05) is 23.1 Å². The minimum Gasteiger partial charge on any atom is -0.316 e. The summed E-state index contributed by atoms with van der Waals surface area (Å²) in [5, 5.41) is 3.43. The predicted octanol–water partition coefficient (Wildman–Crippen LogP) is 2.58. The Morgan fingerprint density at radius 3 is 2.59 bits per heavy atom. The van der Waals surface area contributed by atoms with Crippen LogP contribution < -0.4 is 10.2 Å². The minimum absolute atomic E-state index is 0.133. The average molecular weight is 292 g/mol. The third-order valence-electron chi connectivity index (χ3n) is 4.74. The molecule has 0 bridgehead atoms. The van der Waals surface area contributed by atoms with Crippen molar-refractivity contribution in [2.24, 2.45) is 0 Å². The summed E-state index contributed by atoms with van der Waals surface area (Å²) in [6, 6.07) is 14.5. The molecule has 1 N–H and O–H groups in total. The normalized spacial score (nSPS) is 17.6. The first-order chi connectivity index (χ1) is 10.8. The Hall–Kier alpha value is -2.13. The standard InChI is InChI=1S/C19H20N2O/c22-19-18-4-2-1-3-15(18)9-12-21(19)17-6-5-14-7-10-20-11-8-16(14)13-17/h1-6,13,20H,7-12H2. The van der Waals surface area contributed by atoms with E-state index >= 15 is 0 Å². The van der Waals surface area contributed by atoms with Gasteiger partial charge in [0.2, 0.25) is 0 Å². The van der Waals surface area contributed by atoms with E-state index in [0.717, 1.165) is 50.1 Å². The van der Waals surface area contributed by atoms with Crippen molar-refractivity contribution in [3.63, 3.8) is 0 Å². The third kappa shape index (κ3) is 2.32. The fraction of sp³-hybridized carbons (Fsp3) is 0.316. The molecule has 2 aromatic carbocycles. The highest BCUT2D eigenvalue weighted by Crippen LogP contribution is 2.27. The predicted molar refractivity (Wildman–Crippen MR) is 88.5 cm³/mol. The fourth-order valence-corrected chi connectivity index (χ4v) is 3.50. The van der Waals surface area contributed by atoms with Gasteiger partial charge in [-0.25, -0.2) is 0 Å². The zero-order chi connectivity index (χ0) is 14.9. The van der Waals surface area contributed by atoms with Crippen LogP contribution in [0.15, 0.2) is 42.5 Å². The van der Waals surface area contributed by atoms with Gasteiger partial charge in [0.05, 0.1) is 0 Å². The molecule has 1 amide bonds. The van der Waals surface area contributed by atoms with E-state index in [2.05, 4.69) is 29.6 Å². The van der Waals surface area contributed by atoms with Crippen molar-refractivity contribution in [1.29, 1.82) is 0 Å². The van der Waals surface area contributed by atoms with Crippen LogP contribution in [0, 0.1) is 0 Å². The molecule has 0 aliphatic carbocycles. The van der Waals surface area contributed by atoms with E-state index in [1.54, 1.807) is 0 Å². The van der Waals surface area contributed by atoms with E-state index in [-0.39, 0.29) is 5.91 Å². The molecule has 0 aromatic heterocycles. The Morgan fingerprint density at radius 1 is 0.864 bits per heavy atom. The van der Waals surface area contributed by atoms with E-state index in [9.17, 15) is 4.79 Å². The van der Waals surface area contributed by atoms with E-state index in [1.165, 1.54) is 16.7 Å². The maximum absolute atomic E-state index is 12.8. The zero-order valence-electron chi connectivity index (χ0n) is 12.6. The van der Waals surface area contributed by atoms with E-state index < -0.39 is 0 Å². The molecule has 0 radical (unpaired) electrons. The van der Waals surface area contributed by atoms with Gasteiger partial charge < -0.3 is 10.2 Å². The number of nitrogens with one attached hydrogen (secondary N) is 1. The van der Waals surface area contributed by atoms with E-state index in [4.69, 9.17) is 0 Å². The summed E-state index contributed by atoms with van der Waals surface area (Å²) in [5.41, 5.74) is 5.86. The maximum atomic E-state index is 12.8. The van der Waals surface area contributed by atoms with Crippen molar-refractivity contribution >= 4 is 11.6 Å². The summed E-state index contributed by atoms with van der Waals surface area (Å²) in [5.74, 6) is 0.133. The second-order valence-electron chi connectivity index (χ2n) is 6.07. The summed E-state index contributed by atoms with van der Waals surface area (Å²) < 4.78 is 0. The van der Waals surface area contributed by atoms with Crippen molar-refractivity contribution < 1.29 is 4.79 Å². The second kappa shape index (κ2) is 5.58. The maximum Gasteiger partial charge on any atom is 0.258 e. The van der Waals surface area contributed by atoms with Crippen molar-refractivity contribution in [2.75, 3.05) is 24.5 Å². The highest BCUT2D eigenvalue weighted by molar-refractivity contribution is 6.08. The van der Waals surface area contributed by atoms with Gasteiger partial charge in [-0.2, -0.15) is 0 Å². The van der Waals surface area contributed by atoms with Crippen molar-refractivity contribution in [3.8, 4) is 0 Å². The van der Waals surface area contributed by atoms with Gasteiger partial charge in [0.25, 0.3) is 5.91 Å². The number of anilines is 1. The summed E-state index contributed by atoms with van der Waals surface area (Å²) >= 11 is 0. The number of hydrogen-bond donors (Lipinski definition) is 1. The van der Waals surface area contributed by atoms with Crippen LogP contribution >= 0.6 is 0 Å². The molecule has 0 atom stereocenters. The first-order valence-corrected chi connectivity index (χ1v) is 8.05. The van der Waals surface area contributed by atoms with Gasteiger partial charge in [-0.05, 0) is 67.2 Å². The first kappa shape index (κ1) is 13.5. The fourth-order valence-electron chi connectivity index (χ4n) is 3.50. The molecule has 3 heteroatoms. The van der Waals surface area contributed by atoms with Crippen LogP contribution in [0.4, 0.5) is 5.69 Å². The Balaban J connectivity index is 1.68. The van der Waals surface area contributed by atoms with Gasteiger partial charge in [-0.1, -0.05) is 24.3 Å². The Bertz CT molecular complexity index is 723. The molecule has 2 aromatic rings. The Morgan fingerprint density at radius 2 is 1.68 bits per heavy atom. The second-order valence-corrected chi connectivity index (χ2v) is 6.07. The highest BCUT2D eigenvalue weighted by atomic mass is 16.2. The van der Waals surface area contributed by atoms with Crippen LogP contribution in [-0.4, -0.2) is 25.5 Å². The monoisotopic (exact) mass is 292 g/mol. The lowest BCUT2D eigenvalue weighted by molar-refractivity contribution is 0.0980. The molecule has 0 spiro atoms. The summed E-state index contributed by atoms with van der Waals surface area (Å²) in [6.07, 6.45) is 3.05. The largest absolute Gasteiger partial charge is 0.316 e. The van der Waals surface area contributed by atoms with Gasteiger partial charge in [-0.3, -0.25) is 4.79 Å². The molecular formula is C19H20N2O. The molecule has 2 aliphatic heterocycles. The summed E-state index contributed by atoms with van der Waals surface area (Å²) in [7, 11) is 0. The molecule has 22 heavy (non-hydrogen) atoms. The number of hydrogen-bond acceptors (Lipinski definition) is 2. The number of carbonyl (C=O) groups is 1. The number of amides is 1.